The Morgan fingerprint density at radius 3 is 0.797 bits per heavy atom. The molecule has 60 heteroatoms. The third kappa shape index (κ3) is 24.1. The normalized spacial score (nSPS) is 52.1. The quantitative estimate of drug-likeness (QED) is 0.0290. The van der Waals surface area contributed by atoms with Gasteiger partial charge in [0.05, 0.1) is 77.3 Å². The summed E-state index contributed by atoms with van der Waals surface area (Å²) < 4.78 is 139. The number of hydrogen-bond acceptors (Lipinski definition) is 57. The first kappa shape index (κ1) is 113. The second-order valence-corrected chi connectivity index (χ2v) is 35.8. The van der Waals surface area contributed by atoms with Crippen molar-refractivity contribution >= 4 is 17.7 Å². The molecule has 0 spiro atoms. The van der Waals surface area contributed by atoms with Crippen LogP contribution in [0.5, 0.6) is 0 Å². The van der Waals surface area contributed by atoms with E-state index in [0.29, 0.717) is 0 Å². The maximum atomic E-state index is 13.7. The average molecular weight is 2020 g/mol. The first-order valence-corrected chi connectivity index (χ1v) is 44.6. The van der Waals surface area contributed by atoms with Crippen LogP contribution < -0.4 is 16.0 Å². The van der Waals surface area contributed by atoms with E-state index in [9.17, 15) is 173 Å². The molecule has 138 heavy (non-hydrogen) atoms. The number of nitrogens with one attached hydrogen (secondary N) is 3. The van der Waals surface area contributed by atoms with E-state index in [1.54, 1.807) is 0 Å². The van der Waals surface area contributed by atoms with Gasteiger partial charge in [-0.15, -0.1) is 0 Å². The van der Waals surface area contributed by atoms with Gasteiger partial charge in [-0.05, 0) is 27.7 Å². The number of hydrogen-bond donors (Lipinski definition) is 34. The minimum absolute atomic E-state index is 0.895. The standard InChI is InChI=1S/C78H131N3O57/c1-16-34(92)43(101)51(109)71(117-16)133-61-32(80-21(6)90)69(126-28(13-87)59(61)131-77-65(47(105)38(96)23(8-82)123-77)137-73-53(111)45(103)36(94)18(3)119-73)135-63-40(98)25(10-84)122-75(55(63)113)129-57-27(12-86)125-68(31(42(57)100)79-20(5)89)116-15-30-41(99)64(56(114)76(128-30)130-58-26(11-85)121-67(115)50(108)49(58)107)136-70-33(81-22(7)91)62(134-72-52(110)44(102)35(93)17(2)118-72)60(29(14-88)127-70)132-78-66(48(106)39(97)24(9-83)124-78)138-74-54(112)46(104)37(95)19(4)120-74/h16-19,23-78,82-88,92-115H,8-15H2,1-7H3,(H,79,89)(H,80,90)(H,81,91)/t16-,17-,18-,19-,23+,24+,25+,26+,27+,28+,29+,30+,31+,32+,33+,34+,35+,36+,37+,38-,39-,40-,41-,42+,43+,44+,45+,46+,47-,48-,49+,50+,51-,52-,53-,54-,55+,56+,57+,58+,59+,60+,61+,62+,63+,64-,65+,66+,67?,68+,69-,70-,71-,72-,73-,74-,75-,76-,77-,78-/m0/s1. The number of rotatable bonds is 33. The van der Waals surface area contributed by atoms with E-state index in [4.69, 9.17) is 109 Å². The lowest BCUT2D eigenvalue weighted by atomic mass is 9.93. The third-order valence-electron chi connectivity index (χ3n) is 26.1. The van der Waals surface area contributed by atoms with Crippen LogP contribution in [0.25, 0.3) is 0 Å². The highest BCUT2D eigenvalue weighted by molar-refractivity contribution is 5.74. The Morgan fingerprint density at radius 1 is 0.203 bits per heavy atom. The van der Waals surface area contributed by atoms with Gasteiger partial charge in [-0.25, -0.2) is 0 Å². The Morgan fingerprint density at radius 2 is 0.449 bits per heavy atom. The summed E-state index contributed by atoms with van der Waals surface area (Å²) in [7, 11) is 0. The zero-order chi connectivity index (χ0) is 101. The molecule has 1 unspecified atom stereocenters. The Kier molecular flexibility index (Phi) is 39.7. The minimum atomic E-state index is -2.54. The molecule has 34 N–H and O–H groups in total. The van der Waals surface area contributed by atoms with Crippen LogP contribution >= 0.6 is 0 Å². The monoisotopic (exact) mass is 2020 g/mol. The van der Waals surface area contributed by atoms with Gasteiger partial charge in [-0.1, -0.05) is 0 Å². The van der Waals surface area contributed by atoms with Crippen molar-refractivity contribution in [3.63, 3.8) is 0 Å². The van der Waals surface area contributed by atoms with Gasteiger partial charge in [-0.3, -0.25) is 14.4 Å². The maximum Gasteiger partial charge on any atom is 0.217 e. The fraction of sp³-hybridized carbons (Fsp3) is 0.962. The van der Waals surface area contributed by atoms with Crippen molar-refractivity contribution in [1.82, 2.24) is 16.0 Å². The summed E-state index contributed by atoms with van der Waals surface area (Å²) in [5, 5.41) is 356. The number of carbonyl (C=O) groups is 3. The van der Waals surface area contributed by atoms with Crippen molar-refractivity contribution in [2.24, 2.45) is 0 Å². The molecule has 12 fully saturated rings. The Hall–Kier alpha value is -3.75. The smallest absolute Gasteiger partial charge is 0.217 e. The van der Waals surface area contributed by atoms with Crippen LogP contribution in [-0.4, -0.2) is 597 Å². The topological polar surface area (TPSA) is 927 Å². The zero-order valence-electron chi connectivity index (χ0n) is 74.8. The maximum absolute atomic E-state index is 13.7. The molecule has 60 nitrogen and oxygen atoms in total. The number of ether oxygens (including phenoxy) is 23. The largest absolute Gasteiger partial charge is 0.394 e. The summed E-state index contributed by atoms with van der Waals surface area (Å²) in [6, 6.07) is -6.19. The fourth-order valence-electron chi connectivity index (χ4n) is 18.3. The Labute approximate surface area is 782 Å². The van der Waals surface area contributed by atoms with Crippen molar-refractivity contribution in [3.05, 3.63) is 0 Å². The molecule has 0 aromatic carbocycles. The van der Waals surface area contributed by atoms with Crippen molar-refractivity contribution in [3.8, 4) is 0 Å². The Bertz CT molecular complexity index is 3790. The summed E-state index contributed by atoms with van der Waals surface area (Å²) >= 11 is 0. The van der Waals surface area contributed by atoms with E-state index >= 15 is 0 Å². The van der Waals surface area contributed by atoms with Gasteiger partial charge in [0.15, 0.2) is 75.5 Å². The summed E-state index contributed by atoms with van der Waals surface area (Å²) in [6.07, 6.45) is -118. The fourth-order valence-corrected chi connectivity index (χ4v) is 18.3. The number of carbonyl (C=O) groups excluding carboxylic acids is 3. The van der Waals surface area contributed by atoms with Crippen LogP contribution in [-0.2, 0) is 123 Å². The van der Waals surface area contributed by atoms with Gasteiger partial charge < -0.3 is 283 Å². The number of amides is 3. The highest BCUT2D eigenvalue weighted by atomic mass is 16.8. The van der Waals surface area contributed by atoms with E-state index in [0.717, 1.165) is 20.8 Å². The van der Waals surface area contributed by atoms with Crippen LogP contribution in [0.1, 0.15) is 48.5 Å². The summed E-state index contributed by atoms with van der Waals surface area (Å²) in [5.41, 5.74) is 0. The second-order valence-electron chi connectivity index (χ2n) is 35.8. The molecule has 0 bridgehead atoms. The zero-order valence-corrected chi connectivity index (χ0v) is 74.8. The van der Waals surface area contributed by atoms with Crippen LogP contribution in [0.2, 0.25) is 0 Å². The lowest BCUT2D eigenvalue weighted by Crippen LogP contribution is -2.72. The van der Waals surface area contributed by atoms with Crippen molar-refractivity contribution < 1.29 is 282 Å². The predicted molar refractivity (Wildman–Crippen MR) is 424 cm³/mol. The molecular weight excluding hydrogens is 1890 g/mol. The molecular formula is C78H131N3O57. The van der Waals surface area contributed by atoms with Gasteiger partial charge >= 0.3 is 0 Å². The van der Waals surface area contributed by atoms with Crippen molar-refractivity contribution in [2.75, 3.05) is 52.9 Å². The van der Waals surface area contributed by atoms with Crippen molar-refractivity contribution in [2.45, 2.75) is 417 Å². The molecule has 0 aromatic rings. The van der Waals surface area contributed by atoms with Crippen molar-refractivity contribution in [1.29, 1.82) is 0 Å². The summed E-state index contributed by atoms with van der Waals surface area (Å²) in [6.45, 7) is -1.84. The third-order valence-corrected chi connectivity index (χ3v) is 26.1. The highest BCUT2D eigenvalue weighted by Gasteiger charge is 2.64. The van der Waals surface area contributed by atoms with E-state index in [1.165, 1.54) is 27.7 Å². The number of aliphatic hydroxyl groups is 31. The predicted octanol–water partition coefficient (Wildman–Crippen LogP) is -22.6. The number of aliphatic hydroxyl groups excluding tert-OH is 31. The van der Waals surface area contributed by atoms with Crippen LogP contribution in [0.3, 0.4) is 0 Å². The van der Waals surface area contributed by atoms with Crippen LogP contribution in [0, 0.1) is 0 Å². The lowest BCUT2D eigenvalue weighted by Gasteiger charge is -2.52. The van der Waals surface area contributed by atoms with Gasteiger partial charge in [0.2, 0.25) is 17.7 Å². The molecule has 0 aliphatic carbocycles. The summed E-state index contributed by atoms with van der Waals surface area (Å²) in [5.74, 6) is -3.08. The molecule has 12 heterocycles. The summed E-state index contributed by atoms with van der Waals surface area (Å²) in [4.78, 5) is 40.7. The molecule has 0 radical (unpaired) electrons. The molecule has 12 aliphatic heterocycles. The van der Waals surface area contributed by atoms with Gasteiger partial charge in [-0.2, -0.15) is 0 Å². The average Bonchev–Trinajstić information content (AvgIpc) is 0.755. The molecule has 0 saturated carbocycles. The molecule has 12 saturated heterocycles. The van der Waals surface area contributed by atoms with Gasteiger partial charge in [0.1, 0.15) is 268 Å². The SMILES string of the molecule is CC(=O)N[C@H]1[C@H](OC[C@H]2O[C@@H](O[C@H]3[C@H](O)[C@@H](O)C(O)O[C@@H]3CO)[C@H](O)[C@@H](O[C@@H]3O[C@H](CO)[C@@H](O[C@@H]4O[C@H](CO)[C@H](O)[C@H](O)[C@H]4O[C@@H]4O[C@@H](C)[C@@H](O)[C@@H](O)[C@@H]4O)[C@H](O[C@@H]4O[C@@H](C)[C@@H](O)[C@@H](O)[C@@H]4O)[C@H]3NC(C)=O)[C@H]2O)O[C@H](CO)[C@@H](O[C@@H]2O[C@H](CO)[C@H](O)[C@@H](O[C@@H]3O[C@H](CO)[C@@H](O[C@@H]4O[C@H](CO)[C@H](O)[C@H](O)[C@H]4O[C@@H]4O[C@@H](C)[C@@H](O)[C@@H](O)[C@@H]4O)[C@H](O[C@@H]4O[C@@H](C)[C@@H](O)[C@@H](O)[C@@H]4O)[C@H]3NC(C)=O)[C@H]2O)[C@@H]1O. The first-order chi connectivity index (χ1) is 65.2. The first-order valence-electron chi connectivity index (χ1n) is 44.6. The molecule has 800 valence electrons. The highest BCUT2D eigenvalue weighted by Crippen LogP contribution is 2.44. The molecule has 12 rings (SSSR count). The minimum Gasteiger partial charge on any atom is -0.394 e. The van der Waals surface area contributed by atoms with E-state index in [2.05, 4.69) is 16.0 Å². The van der Waals surface area contributed by atoms with Crippen LogP contribution in [0.15, 0.2) is 0 Å². The van der Waals surface area contributed by atoms with Crippen LogP contribution in [0.4, 0.5) is 0 Å². The molecule has 60 atom stereocenters. The van der Waals surface area contributed by atoms with E-state index in [1.807, 2.05) is 0 Å². The van der Waals surface area contributed by atoms with Gasteiger partial charge in [0.25, 0.3) is 0 Å². The molecule has 12 aliphatic rings. The Balaban J connectivity index is 0.832. The second kappa shape index (κ2) is 48.5. The molecule has 0 aromatic heterocycles. The van der Waals surface area contributed by atoms with Gasteiger partial charge in [0, 0.05) is 20.8 Å². The lowest BCUT2D eigenvalue weighted by molar-refractivity contribution is -0.402. The van der Waals surface area contributed by atoms with E-state index in [-0.39, 0.29) is 0 Å². The molecule has 3 amide bonds. The van der Waals surface area contributed by atoms with E-state index < -0.39 is 439 Å².